The first-order chi connectivity index (χ1) is 13.2. The predicted molar refractivity (Wildman–Crippen MR) is 112 cm³/mol. The minimum Gasteiger partial charge on any atom is -0.466 e. The Bertz CT molecular complexity index is 903. The van der Waals surface area contributed by atoms with Crippen LogP contribution in [0.5, 0.6) is 0 Å². The van der Waals surface area contributed by atoms with E-state index in [1.807, 2.05) is 91.0 Å². The number of esters is 1. The van der Waals surface area contributed by atoms with Crippen molar-refractivity contribution >= 4 is 34.1 Å². The lowest BCUT2D eigenvalue weighted by molar-refractivity contribution is -0.132. The van der Waals surface area contributed by atoms with Gasteiger partial charge in [-0.3, -0.25) is 0 Å². The Morgan fingerprint density at radius 2 is 1.19 bits per heavy atom. The maximum atomic E-state index is 12.9. The van der Waals surface area contributed by atoms with E-state index in [0.29, 0.717) is 5.29 Å². The van der Waals surface area contributed by atoms with Crippen LogP contribution in [0.2, 0.25) is 0 Å². The van der Waals surface area contributed by atoms with Crippen molar-refractivity contribution in [3.05, 3.63) is 91.0 Å². The monoisotopic (exact) mass is 373 g/mol. The van der Waals surface area contributed by atoms with Gasteiger partial charge in [-0.05, 0) is 22.8 Å². The number of nitriles is 1. The normalized spacial score (nSPS) is 10.7. The number of carbonyl (C=O) groups is 1. The second kappa shape index (κ2) is 8.54. The molecule has 27 heavy (non-hydrogen) atoms. The highest BCUT2D eigenvalue weighted by Crippen LogP contribution is 2.47. The summed E-state index contributed by atoms with van der Waals surface area (Å²) in [5, 5.41) is 13.1. The van der Waals surface area contributed by atoms with Gasteiger partial charge in [0.05, 0.1) is 24.9 Å². The molecule has 0 unspecified atom stereocenters. The molecule has 0 amide bonds. The molecule has 3 aromatic carbocycles. The molecule has 134 valence electrons. The molecule has 0 N–H and O–H groups in total. The van der Waals surface area contributed by atoms with Gasteiger partial charge >= 0.3 is 5.97 Å². The van der Waals surface area contributed by atoms with E-state index in [4.69, 9.17) is 4.74 Å². The van der Waals surface area contributed by atoms with Gasteiger partial charge in [0.2, 0.25) is 0 Å². The van der Waals surface area contributed by atoms with Crippen LogP contribution in [-0.4, -0.2) is 18.4 Å². The van der Waals surface area contributed by atoms with Crippen molar-refractivity contribution in [1.82, 2.24) is 0 Å². The standard InChI is InChI=1S/C23H20NO2P/c1-26-23(25)22(17-18-24)27(19-11-5-2-6-12-19,20-13-7-3-8-14-20)21-15-9-4-10-16-21/h2-16H,17H2,1H3. The summed E-state index contributed by atoms with van der Waals surface area (Å²) in [7, 11) is 1.37. The quantitative estimate of drug-likeness (QED) is 0.510. The van der Waals surface area contributed by atoms with Crippen molar-refractivity contribution in [3.63, 3.8) is 0 Å². The number of rotatable bonds is 5. The highest BCUT2D eigenvalue weighted by Gasteiger charge is 2.33. The number of methoxy groups -OCH3 is 1. The molecule has 0 spiro atoms. The highest BCUT2D eigenvalue weighted by molar-refractivity contribution is 7.96. The lowest BCUT2D eigenvalue weighted by Crippen LogP contribution is -2.34. The molecular formula is C23H20NO2P. The van der Waals surface area contributed by atoms with Gasteiger partial charge in [-0.15, -0.1) is 0 Å². The summed E-state index contributed by atoms with van der Waals surface area (Å²) in [6, 6.07) is 32.1. The van der Waals surface area contributed by atoms with Gasteiger partial charge < -0.3 is 4.74 Å². The molecule has 0 aliphatic heterocycles. The van der Waals surface area contributed by atoms with E-state index in [9.17, 15) is 10.1 Å². The predicted octanol–water partition coefficient (Wildman–Crippen LogP) is 3.24. The number of hydrogen-bond donors (Lipinski definition) is 0. The molecule has 0 saturated heterocycles. The molecule has 0 saturated carbocycles. The molecule has 4 heteroatoms. The summed E-state index contributed by atoms with van der Waals surface area (Å²) in [4.78, 5) is 12.9. The number of nitrogens with zero attached hydrogens (tertiary/aromatic N) is 1. The van der Waals surface area contributed by atoms with E-state index in [1.165, 1.54) is 7.11 Å². The molecule has 3 nitrogen and oxygen atoms in total. The van der Waals surface area contributed by atoms with Crippen molar-refractivity contribution in [1.29, 1.82) is 5.26 Å². The first-order valence-electron chi connectivity index (χ1n) is 8.62. The van der Waals surface area contributed by atoms with E-state index >= 15 is 0 Å². The van der Waals surface area contributed by atoms with Gasteiger partial charge in [0, 0.05) is 0 Å². The third-order valence-corrected chi connectivity index (χ3v) is 8.87. The van der Waals surface area contributed by atoms with Crippen molar-refractivity contribution in [2.75, 3.05) is 7.11 Å². The van der Waals surface area contributed by atoms with Crippen LogP contribution in [0, 0.1) is 11.3 Å². The molecule has 0 atom stereocenters. The number of hydrogen-bond acceptors (Lipinski definition) is 3. The van der Waals surface area contributed by atoms with E-state index in [-0.39, 0.29) is 6.42 Å². The van der Waals surface area contributed by atoms with E-state index < -0.39 is 12.9 Å². The first-order valence-corrected chi connectivity index (χ1v) is 10.4. The Morgan fingerprint density at radius 3 is 1.48 bits per heavy atom. The van der Waals surface area contributed by atoms with Crippen LogP contribution in [-0.2, 0) is 9.53 Å². The van der Waals surface area contributed by atoms with Crippen molar-refractivity contribution in [2.45, 2.75) is 6.42 Å². The van der Waals surface area contributed by atoms with Crippen LogP contribution in [0.3, 0.4) is 0 Å². The topological polar surface area (TPSA) is 50.1 Å². The van der Waals surface area contributed by atoms with Gasteiger partial charge in [-0.25, -0.2) is 4.79 Å². The van der Waals surface area contributed by atoms with E-state index in [2.05, 4.69) is 6.07 Å². The fraction of sp³-hybridized carbons (Fsp3) is 0.0870. The second-order valence-corrected chi connectivity index (χ2v) is 9.38. The largest absolute Gasteiger partial charge is 0.466 e. The van der Waals surface area contributed by atoms with Gasteiger partial charge in [0.25, 0.3) is 0 Å². The summed E-state index contributed by atoms with van der Waals surface area (Å²) in [6.07, 6.45) is 0.0130. The molecular weight excluding hydrogens is 353 g/mol. The minimum atomic E-state index is -2.53. The number of ether oxygens (including phenoxy) is 1. The van der Waals surface area contributed by atoms with Gasteiger partial charge in [0.1, 0.15) is 0 Å². The lowest BCUT2D eigenvalue weighted by atomic mass is 10.3. The highest BCUT2D eigenvalue weighted by atomic mass is 31.2. The summed E-state index contributed by atoms with van der Waals surface area (Å²) in [5.74, 6) is -0.429. The average Bonchev–Trinajstić information content (AvgIpc) is 2.75. The molecule has 0 bridgehead atoms. The summed E-state index contributed by atoms with van der Waals surface area (Å²) in [6.45, 7) is -2.53. The smallest absolute Gasteiger partial charge is 0.335 e. The minimum absolute atomic E-state index is 0.0130. The lowest BCUT2D eigenvalue weighted by Gasteiger charge is -2.31. The zero-order chi connectivity index (χ0) is 19.1. The van der Waals surface area contributed by atoms with Crippen LogP contribution in [0.15, 0.2) is 91.0 Å². The fourth-order valence-corrected chi connectivity index (χ4v) is 7.75. The zero-order valence-corrected chi connectivity index (χ0v) is 16.0. The van der Waals surface area contributed by atoms with Crippen LogP contribution >= 0.6 is 6.89 Å². The van der Waals surface area contributed by atoms with Crippen molar-refractivity contribution < 1.29 is 9.53 Å². The molecule has 0 radical (unpaired) electrons. The van der Waals surface area contributed by atoms with Crippen LogP contribution in [0.4, 0.5) is 0 Å². The molecule has 0 heterocycles. The molecule has 3 aromatic rings. The third-order valence-electron chi connectivity index (χ3n) is 4.50. The van der Waals surface area contributed by atoms with Crippen molar-refractivity contribution in [2.24, 2.45) is 0 Å². The zero-order valence-electron chi connectivity index (χ0n) is 15.1. The summed E-state index contributed by atoms with van der Waals surface area (Å²) >= 11 is 0. The Labute approximate surface area is 159 Å². The van der Waals surface area contributed by atoms with Crippen LogP contribution in [0.1, 0.15) is 6.42 Å². The maximum Gasteiger partial charge on any atom is 0.335 e. The van der Waals surface area contributed by atoms with Gasteiger partial charge in [-0.1, -0.05) is 91.0 Å². The molecule has 0 aliphatic rings. The maximum absolute atomic E-state index is 12.9. The Morgan fingerprint density at radius 1 is 0.815 bits per heavy atom. The molecule has 0 aromatic heterocycles. The second-order valence-electron chi connectivity index (χ2n) is 5.95. The molecule has 0 aliphatic carbocycles. The molecule has 3 rings (SSSR count). The Balaban J connectivity index is 2.59. The number of carbonyl (C=O) groups excluding carboxylic acids is 1. The molecule has 0 fully saturated rings. The van der Waals surface area contributed by atoms with Crippen LogP contribution < -0.4 is 15.9 Å². The van der Waals surface area contributed by atoms with Gasteiger partial charge in [-0.2, -0.15) is 5.26 Å². The van der Waals surface area contributed by atoms with Gasteiger partial charge in [0.15, 0.2) is 0 Å². The average molecular weight is 373 g/mol. The van der Waals surface area contributed by atoms with E-state index in [0.717, 1.165) is 15.9 Å². The summed E-state index contributed by atoms with van der Waals surface area (Å²) < 4.78 is 5.14. The fourth-order valence-electron chi connectivity index (χ4n) is 3.39. The Kier molecular flexibility index (Phi) is 5.91. The number of benzene rings is 3. The SMILES string of the molecule is COC(=O)C(CC#N)=P(c1ccccc1)(c1ccccc1)c1ccccc1. The summed E-state index contributed by atoms with van der Waals surface area (Å²) in [5.41, 5.74) is 0. The Hall–Kier alpha value is -3.08. The first kappa shape index (κ1) is 18.7. The van der Waals surface area contributed by atoms with Crippen LogP contribution in [0.25, 0.3) is 0 Å². The third kappa shape index (κ3) is 3.45. The van der Waals surface area contributed by atoms with Crippen molar-refractivity contribution in [3.8, 4) is 6.07 Å². The van der Waals surface area contributed by atoms with E-state index in [1.54, 1.807) is 0 Å².